The molecule has 0 spiro atoms. The summed E-state index contributed by atoms with van der Waals surface area (Å²) in [6.07, 6.45) is 0. The fourth-order valence-electron chi connectivity index (χ4n) is 2.96. The molecule has 0 aliphatic rings. The Morgan fingerprint density at radius 2 is 1.71 bits per heavy atom. The van der Waals surface area contributed by atoms with Crippen LogP contribution in [-0.2, 0) is 6.54 Å². The summed E-state index contributed by atoms with van der Waals surface area (Å²) in [5, 5.41) is 8.64. The Bertz CT molecular complexity index is 1210. The first-order valence-electron chi connectivity index (χ1n) is 9.44. The van der Waals surface area contributed by atoms with Crippen LogP contribution in [0.2, 0.25) is 10.0 Å². The standard InChI is InChI=1S/C23H18Cl2N4O2/c1-31-18-12-8-16(9-13-18)21-27-23(26-14-15-6-10-17(24)11-7-15)29(28-21)22(30)19-4-2-3-5-20(19)25/h2-13H,14H2,1H3,(H,26,27,28). The van der Waals surface area contributed by atoms with Crippen LogP contribution in [0.25, 0.3) is 11.4 Å². The molecule has 0 unspecified atom stereocenters. The highest BCUT2D eigenvalue weighted by Crippen LogP contribution is 2.24. The topological polar surface area (TPSA) is 69.0 Å². The van der Waals surface area contributed by atoms with Crippen LogP contribution < -0.4 is 10.1 Å². The number of rotatable bonds is 6. The Hall–Kier alpha value is -3.35. The van der Waals surface area contributed by atoms with Crippen LogP contribution in [0.5, 0.6) is 5.75 Å². The molecule has 0 aliphatic heterocycles. The number of anilines is 1. The lowest BCUT2D eigenvalue weighted by Crippen LogP contribution is -2.18. The van der Waals surface area contributed by atoms with Crippen molar-refractivity contribution >= 4 is 35.1 Å². The molecular formula is C23H18Cl2N4O2. The monoisotopic (exact) mass is 452 g/mol. The van der Waals surface area contributed by atoms with Gasteiger partial charge in [0.15, 0.2) is 5.82 Å². The lowest BCUT2D eigenvalue weighted by atomic mass is 10.2. The number of halogens is 2. The van der Waals surface area contributed by atoms with Crippen LogP contribution in [0.3, 0.4) is 0 Å². The van der Waals surface area contributed by atoms with Gasteiger partial charge in [0.2, 0.25) is 5.95 Å². The van der Waals surface area contributed by atoms with E-state index in [0.29, 0.717) is 33.9 Å². The summed E-state index contributed by atoms with van der Waals surface area (Å²) in [5.74, 6) is 1.06. The van der Waals surface area contributed by atoms with Crippen molar-refractivity contribution in [2.24, 2.45) is 0 Å². The molecule has 1 N–H and O–H groups in total. The third kappa shape index (κ3) is 4.71. The Labute approximate surface area is 189 Å². The fourth-order valence-corrected chi connectivity index (χ4v) is 3.31. The lowest BCUT2D eigenvalue weighted by molar-refractivity contribution is 0.0947. The van der Waals surface area contributed by atoms with Crippen LogP contribution in [0, 0.1) is 0 Å². The minimum absolute atomic E-state index is 0.311. The molecule has 1 heterocycles. The van der Waals surface area contributed by atoms with Crippen LogP contribution in [0.4, 0.5) is 5.95 Å². The molecule has 156 valence electrons. The number of nitrogens with one attached hydrogen (secondary N) is 1. The third-order valence-electron chi connectivity index (χ3n) is 4.62. The number of methoxy groups -OCH3 is 1. The molecular weight excluding hydrogens is 435 g/mol. The highest BCUT2D eigenvalue weighted by molar-refractivity contribution is 6.34. The van der Waals surface area contributed by atoms with E-state index in [0.717, 1.165) is 16.9 Å². The van der Waals surface area contributed by atoms with Gasteiger partial charge in [0.1, 0.15) is 5.75 Å². The second kappa shape index (κ2) is 9.20. The molecule has 0 fully saturated rings. The molecule has 0 amide bonds. The number of benzene rings is 3. The number of aromatic nitrogens is 3. The van der Waals surface area contributed by atoms with Gasteiger partial charge in [0.25, 0.3) is 5.91 Å². The van der Waals surface area contributed by atoms with Crippen molar-refractivity contribution in [3.63, 3.8) is 0 Å². The van der Waals surface area contributed by atoms with Gasteiger partial charge in [-0.2, -0.15) is 9.67 Å². The average Bonchev–Trinajstić information content (AvgIpc) is 3.23. The molecule has 0 saturated carbocycles. The first kappa shape index (κ1) is 20.9. The van der Waals surface area contributed by atoms with E-state index in [1.165, 1.54) is 4.68 Å². The van der Waals surface area contributed by atoms with Crippen molar-refractivity contribution in [1.82, 2.24) is 14.8 Å². The zero-order chi connectivity index (χ0) is 21.8. The maximum atomic E-state index is 13.2. The van der Waals surface area contributed by atoms with Crippen molar-refractivity contribution in [3.05, 3.63) is 94.0 Å². The Kier molecular flexibility index (Phi) is 6.21. The Morgan fingerprint density at radius 3 is 2.39 bits per heavy atom. The van der Waals surface area contributed by atoms with Crippen molar-refractivity contribution in [3.8, 4) is 17.1 Å². The minimum atomic E-state index is -0.378. The third-order valence-corrected chi connectivity index (χ3v) is 5.20. The average molecular weight is 453 g/mol. The van der Waals surface area contributed by atoms with Crippen molar-refractivity contribution in [2.75, 3.05) is 12.4 Å². The number of hydrogen-bond acceptors (Lipinski definition) is 5. The second-order valence-electron chi connectivity index (χ2n) is 6.66. The van der Waals surface area contributed by atoms with Crippen LogP contribution in [-0.4, -0.2) is 27.8 Å². The predicted molar refractivity (Wildman–Crippen MR) is 122 cm³/mol. The summed E-state index contributed by atoms with van der Waals surface area (Å²) >= 11 is 12.2. The smallest absolute Gasteiger partial charge is 0.282 e. The van der Waals surface area contributed by atoms with Crippen molar-refractivity contribution < 1.29 is 9.53 Å². The quantitative estimate of drug-likeness (QED) is 0.414. The molecule has 4 aromatic rings. The molecule has 6 nitrogen and oxygen atoms in total. The minimum Gasteiger partial charge on any atom is -0.497 e. The van der Waals surface area contributed by atoms with E-state index in [1.807, 2.05) is 36.4 Å². The van der Waals surface area contributed by atoms with E-state index in [9.17, 15) is 4.79 Å². The van der Waals surface area contributed by atoms with Crippen LogP contribution in [0.1, 0.15) is 15.9 Å². The largest absolute Gasteiger partial charge is 0.497 e. The molecule has 4 rings (SSSR count). The zero-order valence-electron chi connectivity index (χ0n) is 16.5. The Balaban J connectivity index is 1.69. The first-order valence-corrected chi connectivity index (χ1v) is 10.2. The summed E-state index contributed by atoms with van der Waals surface area (Å²) in [6.45, 7) is 0.438. The second-order valence-corrected chi connectivity index (χ2v) is 7.51. The molecule has 0 radical (unpaired) electrons. The van der Waals surface area contributed by atoms with Gasteiger partial charge in [-0.05, 0) is 54.1 Å². The van der Waals surface area contributed by atoms with Crippen molar-refractivity contribution in [2.45, 2.75) is 6.54 Å². The molecule has 0 aliphatic carbocycles. The van der Waals surface area contributed by atoms with Gasteiger partial charge in [-0.15, -0.1) is 5.10 Å². The van der Waals surface area contributed by atoms with E-state index >= 15 is 0 Å². The van der Waals surface area contributed by atoms with Gasteiger partial charge >= 0.3 is 0 Å². The maximum Gasteiger partial charge on any atom is 0.282 e. The number of hydrogen-bond donors (Lipinski definition) is 1. The number of carbonyl (C=O) groups excluding carboxylic acids is 1. The Morgan fingerprint density at radius 1 is 1.00 bits per heavy atom. The lowest BCUT2D eigenvalue weighted by Gasteiger charge is -2.08. The highest BCUT2D eigenvalue weighted by Gasteiger charge is 2.20. The van der Waals surface area contributed by atoms with Gasteiger partial charge in [-0.3, -0.25) is 4.79 Å². The molecule has 1 aromatic heterocycles. The van der Waals surface area contributed by atoms with E-state index in [2.05, 4.69) is 15.4 Å². The molecule has 31 heavy (non-hydrogen) atoms. The normalized spacial score (nSPS) is 10.7. The fraction of sp³-hybridized carbons (Fsp3) is 0.0870. The van der Waals surface area contributed by atoms with Crippen molar-refractivity contribution in [1.29, 1.82) is 0 Å². The van der Waals surface area contributed by atoms with E-state index < -0.39 is 0 Å². The SMILES string of the molecule is COc1ccc(-c2nc(NCc3ccc(Cl)cc3)n(C(=O)c3ccccc3Cl)n2)cc1. The summed E-state index contributed by atoms with van der Waals surface area (Å²) in [7, 11) is 1.60. The molecule has 0 bridgehead atoms. The van der Waals surface area contributed by atoms with E-state index in [1.54, 1.807) is 43.5 Å². The van der Waals surface area contributed by atoms with Gasteiger partial charge in [-0.25, -0.2) is 0 Å². The van der Waals surface area contributed by atoms with E-state index in [-0.39, 0.29) is 5.91 Å². The highest BCUT2D eigenvalue weighted by atomic mass is 35.5. The van der Waals surface area contributed by atoms with Crippen LogP contribution >= 0.6 is 23.2 Å². The van der Waals surface area contributed by atoms with Gasteiger partial charge in [0, 0.05) is 17.1 Å². The van der Waals surface area contributed by atoms with Gasteiger partial charge in [-0.1, -0.05) is 47.5 Å². The summed E-state index contributed by atoms with van der Waals surface area (Å²) in [6, 6.07) is 21.5. The molecule has 0 saturated heterocycles. The molecule has 3 aromatic carbocycles. The van der Waals surface area contributed by atoms with Gasteiger partial charge < -0.3 is 10.1 Å². The summed E-state index contributed by atoms with van der Waals surface area (Å²) < 4.78 is 6.44. The molecule has 0 atom stereocenters. The zero-order valence-corrected chi connectivity index (χ0v) is 18.1. The first-order chi connectivity index (χ1) is 15.0. The number of ether oxygens (including phenoxy) is 1. The number of nitrogens with zero attached hydrogens (tertiary/aromatic N) is 3. The predicted octanol–water partition coefficient (Wildman–Crippen LogP) is 5.56. The molecule has 8 heteroatoms. The summed E-state index contributed by atoms with van der Waals surface area (Å²) in [4.78, 5) is 17.7. The van der Waals surface area contributed by atoms with Gasteiger partial charge in [0.05, 0.1) is 17.7 Å². The maximum absolute atomic E-state index is 13.2. The summed E-state index contributed by atoms with van der Waals surface area (Å²) in [5.41, 5.74) is 2.07. The van der Waals surface area contributed by atoms with Crippen LogP contribution in [0.15, 0.2) is 72.8 Å². The number of carbonyl (C=O) groups is 1. The van der Waals surface area contributed by atoms with E-state index in [4.69, 9.17) is 27.9 Å².